The minimum atomic E-state index is -0.620. The number of benzene rings is 2. The molecule has 1 aliphatic heterocycles. The number of amides is 3. The average Bonchev–Trinajstić information content (AvgIpc) is 3.26. The van der Waals surface area contributed by atoms with E-state index in [0.29, 0.717) is 43.2 Å². The Labute approximate surface area is 197 Å². The molecule has 176 valence electrons. The molecule has 0 unspecified atom stereocenters. The Morgan fingerprint density at radius 2 is 1.91 bits per heavy atom. The number of rotatable bonds is 8. The highest BCUT2D eigenvalue weighted by Crippen LogP contribution is 2.21. The SMILES string of the molecule is NC(=O)c1cnc(Nc2cccc(NC(=O)N3CC[C@H](O)C3)c2)nc1NCCc1ccccc1. The first-order valence-electron chi connectivity index (χ1n) is 11.0. The number of urea groups is 1. The molecule has 1 fully saturated rings. The highest BCUT2D eigenvalue weighted by Gasteiger charge is 2.24. The summed E-state index contributed by atoms with van der Waals surface area (Å²) >= 11 is 0. The van der Waals surface area contributed by atoms with E-state index in [1.165, 1.54) is 6.20 Å². The summed E-state index contributed by atoms with van der Waals surface area (Å²) in [6.45, 7) is 1.41. The molecule has 34 heavy (non-hydrogen) atoms. The van der Waals surface area contributed by atoms with Crippen molar-refractivity contribution in [3.8, 4) is 0 Å². The van der Waals surface area contributed by atoms with Gasteiger partial charge in [0.25, 0.3) is 5.91 Å². The van der Waals surface area contributed by atoms with Gasteiger partial charge in [-0.3, -0.25) is 4.79 Å². The normalized spacial score (nSPS) is 15.1. The van der Waals surface area contributed by atoms with Crippen LogP contribution < -0.4 is 21.7 Å². The number of hydrogen-bond acceptors (Lipinski definition) is 7. The van der Waals surface area contributed by atoms with Gasteiger partial charge >= 0.3 is 6.03 Å². The third kappa shape index (κ3) is 5.99. The summed E-state index contributed by atoms with van der Waals surface area (Å²) in [7, 11) is 0. The fourth-order valence-corrected chi connectivity index (χ4v) is 3.66. The number of carbonyl (C=O) groups is 2. The van der Waals surface area contributed by atoms with Crippen LogP contribution >= 0.6 is 0 Å². The number of aromatic nitrogens is 2. The highest BCUT2D eigenvalue weighted by atomic mass is 16.3. The third-order valence-electron chi connectivity index (χ3n) is 5.42. The molecule has 1 saturated heterocycles. The van der Waals surface area contributed by atoms with Crippen LogP contribution in [0.2, 0.25) is 0 Å². The predicted molar refractivity (Wildman–Crippen MR) is 130 cm³/mol. The molecular weight excluding hydrogens is 434 g/mol. The van der Waals surface area contributed by atoms with Crippen LogP contribution in [0.1, 0.15) is 22.3 Å². The van der Waals surface area contributed by atoms with Crippen LogP contribution in [0.15, 0.2) is 60.8 Å². The van der Waals surface area contributed by atoms with Crippen molar-refractivity contribution >= 4 is 35.1 Å². The summed E-state index contributed by atoms with van der Waals surface area (Å²) < 4.78 is 0. The Morgan fingerprint density at radius 3 is 2.65 bits per heavy atom. The molecule has 0 spiro atoms. The first kappa shape index (κ1) is 23.0. The molecule has 3 aromatic rings. The highest BCUT2D eigenvalue weighted by molar-refractivity contribution is 5.97. The van der Waals surface area contributed by atoms with Crippen LogP contribution in [0.25, 0.3) is 0 Å². The van der Waals surface area contributed by atoms with Crippen molar-refractivity contribution in [1.82, 2.24) is 14.9 Å². The zero-order valence-electron chi connectivity index (χ0n) is 18.6. The number of anilines is 4. The molecule has 0 radical (unpaired) electrons. The van der Waals surface area contributed by atoms with Gasteiger partial charge in [-0.25, -0.2) is 9.78 Å². The van der Waals surface area contributed by atoms with E-state index in [2.05, 4.69) is 25.9 Å². The van der Waals surface area contributed by atoms with Crippen LogP contribution in [0.4, 0.5) is 27.9 Å². The van der Waals surface area contributed by atoms with Gasteiger partial charge < -0.3 is 31.7 Å². The van der Waals surface area contributed by atoms with Crippen molar-refractivity contribution in [3.63, 3.8) is 0 Å². The van der Waals surface area contributed by atoms with Crippen molar-refractivity contribution in [2.24, 2.45) is 5.73 Å². The Morgan fingerprint density at radius 1 is 1.12 bits per heavy atom. The number of nitrogens with one attached hydrogen (secondary N) is 3. The first-order chi connectivity index (χ1) is 16.5. The number of aliphatic hydroxyl groups excluding tert-OH is 1. The summed E-state index contributed by atoms with van der Waals surface area (Å²) in [5.74, 6) is 0.00170. The quantitative estimate of drug-likeness (QED) is 0.347. The van der Waals surface area contributed by atoms with Gasteiger partial charge in [0.05, 0.1) is 11.7 Å². The molecule has 3 amide bonds. The van der Waals surface area contributed by atoms with E-state index in [4.69, 9.17) is 5.73 Å². The number of nitrogens with two attached hydrogens (primary N) is 1. The maximum absolute atomic E-state index is 12.4. The summed E-state index contributed by atoms with van der Waals surface area (Å²) in [5, 5.41) is 18.7. The molecule has 2 heterocycles. The van der Waals surface area contributed by atoms with E-state index in [9.17, 15) is 14.7 Å². The van der Waals surface area contributed by atoms with E-state index in [-0.39, 0.29) is 17.5 Å². The molecule has 0 bridgehead atoms. The van der Waals surface area contributed by atoms with E-state index in [1.807, 2.05) is 36.4 Å². The lowest BCUT2D eigenvalue weighted by Gasteiger charge is -2.17. The minimum absolute atomic E-state index is 0.201. The fourth-order valence-electron chi connectivity index (χ4n) is 3.66. The van der Waals surface area contributed by atoms with Crippen LogP contribution in [0, 0.1) is 0 Å². The second-order valence-electron chi connectivity index (χ2n) is 8.01. The van der Waals surface area contributed by atoms with Gasteiger partial charge in [0.1, 0.15) is 5.82 Å². The van der Waals surface area contributed by atoms with Crippen molar-refractivity contribution in [2.75, 3.05) is 35.6 Å². The summed E-state index contributed by atoms with van der Waals surface area (Å²) in [5.41, 5.74) is 8.09. The van der Waals surface area contributed by atoms with Gasteiger partial charge in [-0.05, 0) is 36.6 Å². The summed E-state index contributed by atoms with van der Waals surface area (Å²) in [4.78, 5) is 34.4. The van der Waals surface area contributed by atoms with Crippen LogP contribution in [-0.2, 0) is 6.42 Å². The Balaban J connectivity index is 1.42. The molecule has 2 aromatic carbocycles. The molecule has 4 rings (SSSR count). The lowest BCUT2D eigenvalue weighted by Crippen LogP contribution is -2.33. The molecule has 6 N–H and O–H groups in total. The maximum atomic E-state index is 12.4. The number of hydrogen-bond donors (Lipinski definition) is 5. The van der Waals surface area contributed by atoms with Gasteiger partial charge in [0.2, 0.25) is 5.95 Å². The Hall–Kier alpha value is -4.18. The van der Waals surface area contributed by atoms with E-state index >= 15 is 0 Å². The monoisotopic (exact) mass is 461 g/mol. The van der Waals surface area contributed by atoms with Crippen molar-refractivity contribution < 1.29 is 14.7 Å². The fraction of sp³-hybridized carbons (Fsp3) is 0.250. The topological polar surface area (TPSA) is 146 Å². The first-order valence-corrected chi connectivity index (χ1v) is 11.0. The van der Waals surface area contributed by atoms with Crippen LogP contribution in [-0.4, -0.2) is 57.7 Å². The van der Waals surface area contributed by atoms with Gasteiger partial charge in [-0.15, -0.1) is 0 Å². The van der Waals surface area contributed by atoms with Gasteiger partial charge in [0.15, 0.2) is 0 Å². The number of primary amides is 1. The number of aliphatic hydroxyl groups is 1. The predicted octanol–water partition coefficient (Wildman–Crippen LogP) is 2.57. The van der Waals surface area contributed by atoms with Gasteiger partial charge in [0, 0.05) is 37.2 Å². The zero-order chi connectivity index (χ0) is 23.9. The third-order valence-corrected chi connectivity index (χ3v) is 5.42. The van der Waals surface area contributed by atoms with E-state index in [1.54, 1.807) is 23.1 Å². The van der Waals surface area contributed by atoms with Crippen molar-refractivity contribution in [3.05, 3.63) is 71.9 Å². The Kier molecular flexibility index (Phi) is 7.19. The Bertz CT molecular complexity index is 1160. The minimum Gasteiger partial charge on any atom is -0.391 e. The molecule has 0 saturated carbocycles. The summed E-state index contributed by atoms with van der Waals surface area (Å²) in [6, 6.07) is 16.8. The number of β-amino-alcohol motifs (C(OH)–C–C–N with tert-alkyl or cyclic N) is 1. The summed E-state index contributed by atoms with van der Waals surface area (Å²) in [6.07, 6.45) is 2.24. The molecule has 1 aliphatic rings. The smallest absolute Gasteiger partial charge is 0.321 e. The lowest BCUT2D eigenvalue weighted by molar-refractivity contribution is 0.100. The zero-order valence-corrected chi connectivity index (χ0v) is 18.6. The van der Waals surface area contributed by atoms with Crippen molar-refractivity contribution in [2.45, 2.75) is 18.9 Å². The molecule has 1 atom stereocenters. The second-order valence-corrected chi connectivity index (χ2v) is 8.01. The van der Waals surface area contributed by atoms with Gasteiger partial charge in [-0.2, -0.15) is 4.98 Å². The molecule has 1 aromatic heterocycles. The molecule has 10 nitrogen and oxygen atoms in total. The van der Waals surface area contributed by atoms with E-state index < -0.39 is 12.0 Å². The standard InChI is InChI=1S/C24H27N7O3/c25-21(33)20-14-27-23(30-22(20)26-11-9-16-5-2-1-3-6-16)28-17-7-4-8-18(13-17)29-24(34)31-12-10-19(32)15-31/h1-8,13-14,19,32H,9-12,15H2,(H2,25,33)(H,29,34)(H2,26,27,28,30)/t19-/m0/s1. The van der Waals surface area contributed by atoms with Crippen LogP contribution in [0.5, 0.6) is 0 Å². The van der Waals surface area contributed by atoms with E-state index in [0.717, 1.165) is 12.0 Å². The number of likely N-dealkylation sites (tertiary alicyclic amines) is 1. The molecular formula is C24H27N7O3. The van der Waals surface area contributed by atoms with Gasteiger partial charge in [-0.1, -0.05) is 36.4 Å². The lowest BCUT2D eigenvalue weighted by atomic mass is 10.1. The number of nitrogens with zero attached hydrogens (tertiary/aromatic N) is 3. The number of carbonyl (C=O) groups excluding carboxylic acids is 2. The molecule has 10 heteroatoms. The van der Waals surface area contributed by atoms with Crippen LogP contribution in [0.3, 0.4) is 0 Å². The van der Waals surface area contributed by atoms with Crippen molar-refractivity contribution in [1.29, 1.82) is 0 Å². The molecule has 0 aliphatic carbocycles. The average molecular weight is 462 g/mol. The largest absolute Gasteiger partial charge is 0.391 e. The maximum Gasteiger partial charge on any atom is 0.321 e. The second kappa shape index (κ2) is 10.6.